The molecular weight excluding hydrogens is 176 g/mol. The van der Waals surface area contributed by atoms with Crippen molar-refractivity contribution in [2.24, 2.45) is 11.5 Å². The van der Waals surface area contributed by atoms with Crippen LogP contribution in [0.1, 0.15) is 51.9 Å². The Bertz CT molecular complexity index is 106. The first kappa shape index (κ1) is 13.9. The van der Waals surface area contributed by atoms with Crippen molar-refractivity contribution in [3.63, 3.8) is 0 Å². The van der Waals surface area contributed by atoms with E-state index in [1.54, 1.807) is 0 Å². The number of hydrogen-bond donors (Lipinski definition) is 3. The Morgan fingerprint density at radius 1 is 0.929 bits per heavy atom. The maximum atomic E-state index is 8.70. The van der Waals surface area contributed by atoms with Crippen LogP contribution in [0.3, 0.4) is 0 Å². The molecule has 86 valence electrons. The van der Waals surface area contributed by atoms with Crippen molar-refractivity contribution < 1.29 is 5.11 Å². The fourth-order valence-electron chi connectivity index (χ4n) is 1.46. The van der Waals surface area contributed by atoms with Gasteiger partial charge in [-0.2, -0.15) is 0 Å². The lowest BCUT2D eigenvalue weighted by atomic mass is 10.0. The highest BCUT2D eigenvalue weighted by Gasteiger charge is 2.00. The molecule has 0 aliphatic rings. The topological polar surface area (TPSA) is 72.3 Å². The van der Waals surface area contributed by atoms with Gasteiger partial charge in [0.05, 0.1) is 6.61 Å². The highest BCUT2D eigenvalue weighted by molar-refractivity contribution is 4.60. The molecule has 0 aromatic rings. The van der Waals surface area contributed by atoms with Gasteiger partial charge in [0.15, 0.2) is 0 Å². The van der Waals surface area contributed by atoms with Crippen LogP contribution < -0.4 is 11.5 Å². The molecule has 0 aromatic heterocycles. The minimum absolute atomic E-state index is 0.0205. The molecule has 2 atom stereocenters. The van der Waals surface area contributed by atoms with Crippen LogP contribution in [-0.2, 0) is 0 Å². The molecule has 14 heavy (non-hydrogen) atoms. The summed E-state index contributed by atoms with van der Waals surface area (Å²) in [5, 5.41) is 8.70. The fourth-order valence-corrected chi connectivity index (χ4v) is 1.46. The number of rotatable bonds is 9. The van der Waals surface area contributed by atoms with Crippen molar-refractivity contribution in [2.75, 3.05) is 6.61 Å². The maximum Gasteiger partial charge on any atom is 0.0582 e. The maximum absolute atomic E-state index is 8.70. The Hall–Kier alpha value is -0.120. The van der Waals surface area contributed by atoms with Crippen molar-refractivity contribution in [3.05, 3.63) is 0 Å². The summed E-state index contributed by atoms with van der Waals surface area (Å²) < 4.78 is 0. The van der Waals surface area contributed by atoms with Gasteiger partial charge in [0.1, 0.15) is 0 Å². The zero-order valence-corrected chi connectivity index (χ0v) is 9.41. The van der Waals surface area contributed by atoms with E-state index >= 15 is 0 Å². The van der Waals surface area contributed by atoms with Gasteiger partial charge in [-0.3, -0.25) is 0 Å². The predicted molar refractivity (Wildman–Crippen MR) is 61.0 cm³/mol. The van der Waals surface area contributed by atoms with E-state index in [0.29, 0.717) is 6.04 Å². The lowest BCUT2D eigenvalue weighted by Gasteiger charge is -2.09. The van der Waals surface area contributed by atoms with Crippen LogP contribution in [0.4, 0.5) is 0 Å². The Balaban J connectivity index is 3.06. The Labute approximate surface area is 87.9 Å². The van der Waals surface area contributed by atoms with Crippen molar-refractivity contribution >= 4 is 0 Å². The van der Waals surface area contributed by atoms with E-state index in [2.05, 4.69) is 6.92 Å². The monoisotopic (exact) mass is 202 g/mol. The molecule has 0 saturated heterocycles. The second-order valence-corrected chi connectivity index (χ2v) is 4.10. The molecule has 0 saturated carbocycles. The van der Waals surface area contributed by atoms with Crippen molar-refractivity contribution in [3.8, 4) is 0 Å². The molecule has 0 aromatic carbocycles. The molecule has 5 N–H and O–H groups in total. The van der Waals surface area contributed by atoms with Gasteiger partial charge < -0.3 is 16.6 Å². The smallest absolute Gasteiger partial charge is 0.0582 e. The van der Waals surface area contributed by atoms with E-state index in [9.17, 15) is 0 Å². The summed E-state index contributed by atoms with van der Waals surface area (Å²) in [7, 11) is 0. The first-order chi connectivity index (χ1) is 6.70. The number of hydrogen-bond acceptors (Lipinski definition) is 3. The molecule has 0 heterocycles. The lowest BCUT2D eigenvalue weighted by Crippen LogP contribution is -2.23. The third-order valence-corrected chi connectivity index (χ3v) is 2.66. The largest absolute Gasteiger partial charge is 0.395 e. The molecule has 3 nitrogen and oxygen atoms in total. The molecule has 0 aliphatic carbocycles. The summed E-state index contributed by atoms with van der Waals surface area (Å²) >= 11 is 0. The molecule has 0 aliphatic heterocycles. The summed E-state index contributed by atoms with van der Waals surface area (Å²) in [6.45, 7) is 2.24. The van der Waals surface area contributed by atoms with E-state index < -0.39 is 0 Å². The first-order valence-electron chi connectivity index (χ1n) is 5.82. The van der Waals surface area contributed by atoms with Crippen molar-refractivity contribution in [1.82, 2.24) is 0 Å². The van der Waals surface area contributed by atoms with Gasteiger partial charge in [0, 0.05) is 12.1 Å². The van der Waals surface area contributed by atoms with Crippen LogP contribution >= 0.6 is 0 Å². The minimum atomic E-state index is -0.0205. The highest BCUT2D eigenvalue weighted by Crippen LogP contribution is 2.08. The van der Waals surface area contributed by atoms with Crippen molar-refractivity contribution in [2.45, 2.75) is 64.0 Å². The Kier molecular flexibility index (Phi) is 9.35. The van der Waals surface area contributed by atoms with Gasteiger partial charge in [0.25, 0.3) is 0 Å². The summed E-state index contributed by atoms with van der Waals surface area (Å²) in [6.07, 6.45) is 7.97. The molecule has 3 heteroatoms. The minimum Gasteiger partial charge on any atom is -0.395 e. The van der Waals surface area contributed by atoms with Gasteiger partial charge in [-0.25, -0.2) is 0 Å². The van der Waals surface area contributed by atoms with Crippen LogP contribution in [0.25, 0.3) is 0 Å². The quantitative estimate of drug-likeness (QED) is 0.495. The molecule has 0 rings (SSSR count). The number of aliphatic hydroxyl groups excluding tert-OH is 1. The Morgan fingerprint density at radius 2 is 1.43 bits per heavy atom. The van der Waals surface area contributed by atoms with E-state index in [-0.39, 0.29) is 12.6 Å². The van der Waals surface area contributed by atoms with Crippen LogP contribution in [0.2, 0.25) is 0 Å². The van der Waals surface area contributed by atoms with E-state index in [0.717, 1.165) is 25.7 Å². The van der Waals surface area contributed by atoms with E-state index in [4.69, 9.17) is 16.6 Å². The number of aliphatic hydroxyl groups is 1. The van der Waals surface area contributed by atoms with Crippen LogP contribution in [0.5, 0.6) is 0 Å². The zero-order chi connectivity index (χ0) is 10.8. The van der Waals surface area contributed by atoms with Gasteiger partial charge in [-0.15, -0.1) is 0 Å². The highest BCUT2D eigenvalue weighted by atomic mass is 16.3. The average Bonchev–Trinajstić information content (AvgIpc) is 2.22. The van der Waals surface area contributed by atoms with Crippen LogP contribution in [-0.4, -0.2) is 23.8 Å². The molecule has 2 unspecified atom stereocenters. The second-order valence-electron chi connectivity index (χ2n) is 4.10. The fraction of sp³-hybridized carbons (Fsp3) is 1.00. The van der Waals surface area contributed by atoms with Gasteiger partial charge >= 0.3 is 0 Å². The summed E-state index contributed by atoms with van der Waals surface area (Å²) in [5.41, 5.74) is 11.4. The standard InChI is InChI=1S/C11H26N2O/c1-2-10(12)7-5-3-4-6-8-11(13)9-14/h10-11,14H,2-9,12-13H2,1H3. The lowest BCUT2D eigenvalue weighted by molar-refractivity contribution is 0.257. The Morgan fingerprint density at radius 3 is 1.86 bits per heavy atom. The summed E-state index contributed by atoms with van der Waals surface area (Å²) in [5.74, 6) is 0. The first-order valence-corrected chi connectivity index (χ1v) is 5.82. The molecule has 0 spiro atoms. The van der Waals surface area contributed by atoms with Crippen LogP contribution in [0.15, 0.2) is 0 Å². The molecule has 0 bridgehead atoms. The van der Waals surface area contributed by atoms with Gasteiger partial charge in [-0.1, -0.05) is 32.6 Å². The van der Waals surface area contributed by atoms with E-state index in [1.165, 1.54) is 19.3 Å². The van der Waals surface area contributed by atoms with Crippen LogP contribution in [0, 0.1) is 0 Å². The molecule has 0 radical (unpaired) electrons. The molecule has 0 fully saturated rings. The average molecular weight is 202 g/mol. The van der Waals surface area contributed by atoms with Gasteiger partial charge in [-0.05, 0) is 19.3 Å². The zero-order valence-electron chi connectivity index (χ0n) is 9.41. The third kappa shape index (κ3) is 8.48. The second kappa shape index (κ2) is 9.44. The van der Waals surface area contributed by atoms with Crippen molar-refractivity contribution in [1.29, 1.82) is 0 Å². The summed E-state index contributed by atoms with van der Waals surface area (Å²) in [4.78, 5) is 0. The van der Waals surface area contributed by atoms with E-state index in [1.807, 2.05) is 0 Å². The van der Waals surface area contributed by atoms with Gasteiger partial charge in [0.2, 0.25) is 0 Å². The number of nitrogens with two attached hydrogens (primary N) is 2. The molecular formula is C11H26N2O. The summed E-state index contributed by atoms with van der Waals surface area (Å²) in [6, 6.07) is 0.364. The SMILES string of the molecule is CCC(N)CCCCCCC(N)CO. The normalized spacial score (nSPS) is 15.4. The molecule has 0 amide bonds. The number of unbranched alkanes of at least 4 members (excludes halogenated alkanes) is 3. The third-order valence-electron chi connectivity index (χ3n) is 2.66. The predicted octanol–water partition coefficient (Wildman–Crippen LogP) is 1.38.